The quantitative estimate of drug-likeness (QED) is 0.730. The van der Waals surface area contributed by atoms with Crippen LogP contribution in [0.3, 0.4) is 0 Å². The Morgan fingerprint density at radius 3 is 1.58 bits per heavy atom. The molecule has 2 amide bonds. The molecule has 0 bridgehead atoms. The third-order valence-corrected chi connectivity index (χ3v) is 7.28. The fourth-order valence-electron chi connectivity index (χ4n) is 4.70. The van der Waals surface area contributed by atoms with E-state index in [-0.39, 0.29) is 59.1 Å². The molecule has 2 saturated heterocycles. The molecular weight excluding hydrogens is 332 g/mol. The van der Waals surface area contributed by atoms with E-state index in [2.05, 4.69) is 24.5 Å². The van der Waals surface area contributed by atoms with Crippen molar-refractivity contribution in [2.75, 3.05) is 0 Å². The molecule has 8 atom stereocenters. The van der Waals surface area contributed by atoms with Gasteiger partial charge in [-0.1, -0.05) is 0 Å². The van der Waals surface area contributed by atoms with E-state index < -0.39 is 0 Å². The van der Waals surface area contributed by atoms with Crippen LogP contribution >= 0.6 is 0 Å². The predicted octanol–water partition coefficient (Wildman–Crippen LogP) is 1.91. The summed E-state index contributed by atoms with van der Waals surface area (Å²) >= 11 is 0. The molecule has 0 radical (unpaired) electrons. The van der Waals surface area contributed by atoms with Crippen LogP contribution in [0.25, 0.3) is 0 Å². The molecule has 2 aliphatic heterocycles. The molecule has 4 rings (SSSR count). The van der Waals surface area contributed by atoms with Crippen molar-refractivity contribution in [1.82, 2.24) is 10.6 Å². The molecule has 0 aromatic carbocycles. The summed E-state index contributed by atoms with van der Waals surface area (Å²) in [6.45, 7) is 8.19. The molecule has 2 saturated carbocycles. The first-order valence-electron chi connectivity index (χ1n) is 10.2. The zero-order chi connectivity index (χ0) is 18.7. The molecule has 2 aliphatic carbocycles. The molecular formula is C20H32N2O4. The predicted molar refractivity (Wildman–Crippen MR) is 96.4 cm³/mol. The number of carbonyl (C=O) groups excluding carboxylic acids is 2. The fraction of sp³-hybridized carbons (Fsp3) is 0.900. The topological polar surface area (TPSA) is 83.3 Å². The second-order valence-corrected chi connectivity index (χ2v) is 9.38. The highest BCUT2D eigenvalue weighted by atomic mass is 16.6. The molecule has 26 heavy (non-hydrogen) atoms. The largest absolute Gasteiger partial charge is 0.366 e. The Balaban J connectivity index is 1.22. The van der Waals surface area contributed by atoms with Crippen LogP contribution in [0.5, 0.6) is 0 Å². The summed E-state index contributed by atoms with van der Waals surface area (Å²) in [5, 5.41) is 6.20. The molecule has 4 fully saturated rings. The third-order valence-electron chi connectivity index (χ3n) is 7.28. The second kappa shape index (κ2) is 6.20. The third kappa shape index (κ3) is 3.38. The van der Waals surface area contributed by atoms with Crippen LogP contribution < -0.4 is 10.6 Å². The molecule has 146 valence electrons. The smallest absolute Gasteiger partial charge is 0.223 e. The molecule has 6 nitrogen and oxygen atoms in total. The first-order valence-corrected chi connectivity index (χ1v) is 10.2. The number of hydrogen-bond donors (Lipinski definition) is 2. The molecule has 0 aromatic rings. The van der Waals surface area contributed by atoms with E-state index >= 15 is 0 Å². The molecule has 6 heteroatoms. The van der Waals surface area contributed by atoms with Crippen LogP contribution in [-0.2, 0) is 19.1 Å². The van der Waals surface area contributed by atoms with Gasteiger partial charge in [0.15, 0.2) is 0 Å². The first-order chi connectivity index (χ1) is 12.2. The van der Waals surface area contributed by atoms with Gasteiger partial charge in [-0.15, -0.1) is 0 Å². The Labute approximate surface area is 155 Å². The highest BCUT2D eigenvalue weighted by molar-refractivity contribution is 5.80. The molecule has 2 heterocycles. The number of amides is 2. The lowest BCUT2D eigenvalue weighted by Gasteiger charge is -2.29. The van der Waals surface area contributed by atoms with Crippen LogP contribution in [0.4, 0.5) is 0 Å². The van der Waals surface area contributed by atoms with Crippen molar-refractivity contribution in [3.8, 4) is 0 Å². The van der Waals surface area contributed by atoms with Crippen LogP contribution in [0, 0.1) is 11.8 Å². The van der Waals surface area contributed by atoms with Gasteiger partial charge in [0.05, 0.1) is 23.4 Å². The minimum absolute atomic E-state index is 0.0314. The molecule has 8 unspecified atom stereocenters. The van der Waals surface area contributed by atoms with Crippen molar-refractivity contribution in [2.24, 2.45) is 11.8 Å². The van der Waals surface area contributed by atoms with E-state index in [0.717, 1.165) is 38.5 Å². The highest BCUT2D eigenvalue weighted by Crippen LogP contribution is 2.50. The van der Waals surface area contributed by atoms with Gasteiger partial charge in [0.1, 0.15) is 0 Å². The van der Waals surface area contributed by atoms with Crippen LogP contribution in [-0.4, -0.2) is 47.3 Å². The normalized spacial score (nSPS) is 45.5. The summed E-state index contributed by atoms with van der Waals surface area (Å²) in [5.41, 5.74) is 0.0655. The van der Waals surface area contributed by atoms with E-state index in [4.69, 9.17) is 9.47 Å². The minimum Gasteiger partial charge on any atom is -0.366 e. The van der Waals surface area contributed by atoms with Crippen LogP contribution in [0.2, 0.25) is 0 Å². The number of ether oxygens (including phenoxy) is 2. The Morgan fingerprint density at radius 1 is 0.846 bits per heavy atom. The molecule has 4 aliphatic rings. The summed E-state index contributed by atoms with van der Waals surface area (Å²) in [5.74, 6) is 0.250. The van der Waals surface area contributed by atoms with E-state index in [1.165, 1.54) is 0 Å². The van der Waals surface area contributed by atoms with E-state index in [1.54, 1.807) is 0 Å². The monoisotopic (exact) mass is 364 g/mol. The summed E-state index contributed by atoms with van der Waals surface area (Å²) < 4.78 is 11.4. The maximum atomic E-state index is 12.6. The van der Waals surface area contributed by atoms with Gasteiger partial charge in [-0.2, -0.15) is 0 Å². The van der Waals surface area contributed by atoms with Crippen molar-refractivity contribution in [3.63, 3.8) is 0 Å². The summed E-state index contributed by atoms with van der Waals surface area (Å²) in [4.78, 5) is 25.1. The average Bonchev–Trinajstić information content (AvgIpc) is 3.45. The fourth-order valence-corrected chi connectivity index (χ4v) is 4.70. The number of rotatable bonds is 5. The Bertz CT molecular complexity index is 559. The van der Waals surface area contributed by atoms with Gasteiger partial charge >= 0.3 is 0 Å². The second-order valence-electron chi connectivity index (χ2n) is 9.38. The number of fused-ring (bicyclic) bond motifs is 2. The summed E-state index contributed by atoms with van der Waals surface area (Å²) in [7, 11) is 0. The lowest BCUT2D eigenvalue weighted by atomic mass is 9.82. The van der Waals surface area contributed by atoms with Crippen molar-refractivity contribution in [3.05, 3.63) is 0 Å². The number of nitrogens with one attached hydrogen (secondary N) is 2. The average molecular weight is 364 g/mol. The Morgan fingerprint density at radius 2 is 1.23 bits per heavy atom. The van der Waals surface area contributed by atoms with Crippen LogP contribution in [0.15, 0.2) is 0 Å². The highest BCUT2D eigenvalue weighted by Gasteiger charge is 2.57. The zero-order valence-electron chi connectivity index (χ0n) is 16.3. The van der Waals surface area contributed by atoms with E-state index in [0.29, 0.717) is 0 Å². The first kappa shape index (κ1) is 18.2. The summed E-state index contributed by atoms with van der Waals surface area (Å²) in [6.07, 6.45) is 5.82. The summed E-state index contributed by atoms with van der Waals surface area (Å²) in [6, 6.07) is -0.183. The standard InChI is InChI=1S/C20H32N2O4/c1-11(21-17(23)13-5-7-19(3)15(9-13)25-19)12(2)22-18(24)14-6-8-20(4)16(10-14)26-20/h11-16H,5-10H2,1-4H3,(H,21,23)(H,22,24). The number of hydrogen-bond acceptors (Lipinski definition) is 4. The lowest BCUT2D eigenvalue weighted by Crippen LogP contribution is -2.51. The molecule has 2 N–H and O–H groups in total. The van der Waals surface area contributed by atoms with Gasteiger partial charge in [0.25, 0.3) is 0 Å². The van der Waals surface area contributed by atoms with Gasteiger partial charge in [0.2, 0.25) is 11.8 Å². The zero-order valence-corrected chi connectivity index (χ0v) is 16.3. The molecule has 0 aromatic heterocycles. The van der Waals surface area contributed by atoms with Gasteiger partial charge in [-0.25, -0.2) is 0 Å². The van der Waals surface area contributed by atoms with Gasteiger partial charge in [0, 0.05) is 23.9 Å². The minimum atomic E-state index is -0.0917. The number of carbonyl (C=O) groups is 2. The van der Waals surface area contributed by atoms with E-state index in [1.807, 2.05) is 13.8 Å². The van der Waals surface area contributed by atoms with Gasteiger partial charge in [-0.05, 0) is 66.2 Å². The van der Waals surface area contributed by atoms with Gasteiger partial charge in [-0.3, -0.25) is 9.59 Å². The molecule has 0 spiro atoms. The Hall–Kier alpha value is -1.14. The lowest BCUT2D eigenvalue weighted by molar-refractivity contribution is -0.129. The number of epoxide rings is 2. The maximum Gasteiger partial charge on any atom is 0.223 e. The van der Waals surface area contributed by atoms with Crippen LogP contribution in [0.1, 0.15) is 66.2 Å². The van der Waals surface area contributed by atoms with Crippen molar-refractivity contribution >= 4 is 11.8 Å². The van der Waals surface area contributed by atoms with Gasteiger partial charge < -0.3 is 20.1 Å². The Kier molecular flexibility index (Phi) is 4.35. The van der Waals surface area contributed by atoms with E-state index in [9.17, 15) is 9.59 Å². The van der Waals surface area contributed by atoms with Crippen molar-refractivity contribution in [2.45, 2.75) is 102 Å². The van der Waals surface area contributed by atoms with Crippen molar-refractivity contribution in [1.29, 1.82) is 0 Å². The van der Waals surface area contributed by atoms with Crippen molar-refractivity contribution < 1.29 is 19.1 Å². The maximum absolute atomic E-state index is 12.6. The SMILES string of the molecule is CC(NC(=O)C1CCC2(C)OC2C1)C(C)NC(=O)C1CCC2(C)OC2C1.